The summed E-state index contributed by atoms with van der Waals surface area (Å²) in [5, 5.41) is 0. The number of aromatic nitrogens is 3. The fourth-order valence-corrected chi connectivity index (χ4v) is 18.7. The number of carbonyl (C=O) groups excluding carboxylic acids is 3. The first-order valence-electron chi connectivity index (χ1n) is 28.6. The molecule has 3 aromatic rings. The van der Waals surface area contributed by atoms with Crippen LogP contribution in [-0.2, 0) is 37.0 Å². The first-order valence-corrected chi connectivity index (χ1v) is 28.6. The molecule has 14 atom stereocenters. The van der Waals surface area contributed by atoms with E-state index in [2.05, 4.69) is 87.3 Å². The Hall–Kier alpha value is -4.05. The van der Waals surface area contributed by atoms with Crippen LogP contribution in [0.15, 0.2) is 61.1 Å². The van der Waals surface area contributed by atoms with Crippen LogP contribution in [0.5, 0.6) is 0 Å². The maximum atomic E-state index is 16.1. The lowest BCUT2D eigenvalue weighted by Crippen LogP contribution is -2.68. The monoisotopic (exact) mass is 982 g/mol. The Labute approximate surface area is 431 Å². The van der Waals surface area contributed by atoms with E-state index in [-0.39, 0.29) is 69.6 Å². The summed E-state index contributed by atoms with van der Waals surface area (Å²) in [6.07, 6.45) is 21.9. The second-order valence-electron chi connectivity index (χ2n) is 27.4. The molecule has 2 aromatic heterocycles. The average molecular weight is 982 g/mol. The third-order valence-corrected chi connectivity index (χ3v) is 23.6. The van der Waals surface area contributed by atoms with E-state index in [0.29, 0.717) is 47.3 Å². The molecule has 7 saturated carbocycles. The molecule has 1 aromatic carbocycles. The van der Waals surface area contributed by atoms with Gasteiger partial charge in [0.25, 0.3) is 0 Å². The highest BCUT2D eigenvalue weighted by Gasteiger charge is 2.74. The molecular weight excluding hydrogens is 895 g/mol. The maximum absolute atomic E-state index is 16.1. The molecule has 1 aliphatic heterocycles. The summed E-state index contributed by atoms with van der Waals surface area (Å²) in [5.41, 5.74) is 2.50. The van der Waals surface area contributed by atoms with Crippen molar-refractivity contribution in [1.29, 1.82) is 0 Å². The van der Waals surface area contributed by atoms with Gasteiger partial charge in [-0.05, 0) is 192 Å². The fourth-order valence-electron chi connectivity index (χ4n) is 18.7. The van der Waals surface area contributed by atoms with Gasteiger partial charge in [0, 0.05) is 49.2 Å². The number of likely N-dealkylation sites (tertiary alicyclic amines) is 1. The van der Waals surface area contributed by atoms with E-state index in [1.165, 1.54) is 38.5 Å². The van der Waals surface area contributed by atoms with Crippen molar-refractivity contribution < 1.29 is 23.9 Å². The summed E-state index contributed by atoms with van der Waals surface area (Å²) < 4.78 is 14.8. The zero-order valence-corrected chi connectivity index (χ0v) is 45.7. The number of imidazole rings is 1. The predicted octanol–water partition coefficient (Wildman–Crippen LogP) is 12.4. The molecule has 8 fully saturated rings. The molecule has 1 amide bonds. The van der Waals surface area contributed by atoms with E-state index < -0.39 is 5.41 Å². The Morgan fingerprint density at radius 2 is 1.57 bits per heavy atom. The smallest absolute Gasteiger partial charge is 0.312 e. The van der Waals surface area contributed by atoms with Crippen LogP contribution in [0, 0.1) is 79.3 Å². The number of fused-ring (bicyclic) bond motifs is 7. The highest BCUT2D eigenvalue weighted by molar-refractivity contribution is 5.85. The van der Waals surface area contributed by atoms with Crippen molar-refractivity contribution in [3.8, 4) is 11.3 Å². The largest absolute Gasteiger partial charge is 0.461 e. The van der Waals surface area contributed by atoms with Crippen LogP contribution < -0.4 is 0 Å². The van der Waals surface area contributed by atoms with Gasteiger partial charge in [-0.25, -0.2) is 4.98 Å². The van der Waals surface area contributed by atoms with E-state index >= 15 is 4.79 Å². The van der Waals surface area contributed by atoms with Crippen LogP contribution in [0.1, 0.15) is 169 Å². The van der Waals surface area contributed by atoms with E-state index in [1.54, 1.807) is 0 Å². The minimum absolute atomic E-state index is 0.0175. The molecule has 0 unspecified atom stereocenters. The van der Waals surface area contributed by atoms with Gasteiger partial charge in [-0.2, -0.15) is 0 Å². The van der Waals surface area contributed by atoms with Crippen molar-refractivity contribution >= 4 is 17.8 Å². The van der Waals surface area contributed by atoms with Gasteiger partial charge in [0.05, 0.1) is 28.5 Å². The Balaban J connectivity index is 0.821. The predicted molar refractivity (Wildman–Crippen MR) is 281 cm³/mol. The fraction of sp³-hybridized carbons (Fsp3) is 0.726. The molecule has 7 aliphatic carbocycles. The lowest BCUT2D eigenvalue weighted by Gasteiger charge is -2.73. The number of pyridine rings is 1. The molecule has 72 heavy (non-hydrogen) atoms. The zero-order valence-electron chi connectivity index (χ0n) is 45.7. The van der Waals surface area contributed by atoms with Crippen molar-refractivity contribution in [2.24, 2.45) is 79.3 Å². The van der Waals surface area contributed by atoms with Crippen molar-refractivity contribution in [3.05, 3.63) is 72.4 Å². The van der Waals surface area contributed by atoms with Gasteiger partial charge in [0.1, 0.15) is 18.5 Å². The van der Waals surface area contributed by atoms with Gasteiger partial charge in [-0.15, -0.1) is 0 Å². The number of hydrogen-bond acceptors (Lipinski definition) is 8. The van der Waals surface area contributed by atoms with Crippen LogP contribution in [0.4, 0.5) is 0 Å². The molecule has 10 heteroatoms. The standard InChI is InChI=1S/C62H87N5O5/c1-40-43(53(68)71-39-41-16-12-11-13-17-41)36-59(40,6)55(70)72-50-24-25-58(5)48(56(50,2)3)23-26-61(8)49(58)21-20-45-51-44(57(4)28-29-57)22-27-62(51,31-30-60(45,61)7)54(69)67-33-15-19-47(67)52-64-46(42-18-14-32-63-37-42)38-66(52)35-34-65(9)10/h11-14,16-18,32,37-38,40,43-45,47-51H,15,19-31,33-36,39H2,1-10H3/t40-,43+,44+,45+,47-,48-,49+,50-,51+,58-,59+,60+,61+,62-/m0/s1. The SMILES string of the molecule is C[C@H]1[C@H](C(=O)OCc2ccccc2)C[C@@]1(C)C(=O)O[C@H]1CC[C@]2(C)[C@H]3CC[C@@H]4[C@H]5[C@H](C6(C)CC6)CC[C@]5(C(=O)N5CCC[C@H]5c5nc(-c6cccnc6)cn5CCN(C)C)CC[C@@]4(C)[C@]3(C)CC[C@H]2C1(C)C. The van der Waals surface area contributed by atoms with Gasteiger partial charge in [0.15, 0.2) is 0 Å². The van der Waals surface area contributed by atoms with Crippen LogP contribution >= 0.6 is 0 Å². The third-order valence-electron chi connectivity index (χ3n) is 23.6. The number of ether oxygens (including phenoxy) is 2. The number of hydrogen-bond donors (Lipinski definition) is 0. The van der Waals surface area contributed by atoms with E-state index in [4.69, 9.17) is 14.5 Å². The summed E-state index contributed by atoms with van der Waals surface area (Å²) in [4.78, 5) is 58.1. The maximum Gasteiger partial charge on any atom is 0.312 e. The van der Waals surface area contributed by atoms with Gasteiger partial charge < -0.3 is 23.8 Å². The molecule has 390 valence electrons. The number of benzene rings is 1. The number of likely N-dealkylation sites (N-methyl/N-ethyl adjacent to an activating group) is 1. The molecule has 3 heterocycles. The summed E-state index contributed by atoms with van der Waals surface area (Å²) in [6.45, 7) is 22.3. The summed E-state index contributed by atoms with van der Waals surface area (Å²) in [6, 6.07) is 13.9. The molecule has 0 spiro atoms. The van der Waals surface area contributed by atoms with Crippen molar-refractivity contribution in [3.63, 3.8) is 0 Å². The Morgan fingerprint density at radius 1 is 0.792 bits per heavy atom. The minimum atomic E-state index is -0.702. The number of nitrogens with zero attached hydrogens (tertiary/aromatic N) is 5. The Bertz CT molecular complexity index is 2540. The van der Waals surface area contributed by atoms with Gasteiger partial charge in [-0.3, -0.25) is 19.4 Å². The van der Waals surface area contributed by atoms with Gasteiger partial charge in [-0.1, -0.05) is 78.8 Å². The summed E-state index contributed by atoms with van der Waals surface area (Å²) >= 11 is 0. The van der Waals surface area contributed by atoms with E-state index in [9.17, 15) is 9.59 Å². The first-order chi connectivity index (χ1) is 34.2. The highest BCUT2D eigenvalue weighted by atomic mass is 16.5. The molecule has 10 nitrogen and oxygen atoms in total. The van der Waals surface area contributed by atoms with E-state index in [1.807, 2.05) is 62.6 Å². The highest BCUT2D eigenvalue weighted by Crippen LogP contribution is 2.79. The molecule has 0 radical (unpaired) electrons. The van der Waals surface area contributed by atoms with Gasteiger partial charge >= 0.3 is 11.9 Å². The number of carbonyl (C=O) groups is 3. The second kappa shape index (κ2) is 17.8. The van der Waals surface area contributed by atoms with Gasteiger partial charge in [0.2, 0.25) is 5.91 Å². The van der Waals surface area contributed by atoms with Crippen molar-refractivity contribution in [1.82, 2.24) is 24.3 Å². The van der Waals surface area contributed by atoms with Crippen LogP contribution in [0.3, 0.4) is 0 Å². The average Bonchev–Trinajstić information content (AvgIpc) is 3.69. The molecular formula is C62H87N5O5. The third kappa shape index (κ3) is 7.63. The zero-order chi connectivity index (χ0) is 50.8. The number of amides is 1. The molecule has 0 N–H and O–H groups in total. The minimum Gasteiger partial charge on any atom is -0.461 e. The molecule has 0 bridgehead atoms. The second-order valence-corrected chi connectivity index (χ2v) is 27.4. The van der Waals surface area contributed by atoms with Crippen LogP contribution in [-0.4, -0.2) is 75.5 Å². The molecule has 11 rings (SSSR count). The lowest BCUT2D eigenvalue weighted by molar-refractivity contribution is -0.254. The van der Waals surface area contributed by atoms with Crippen LogP contribution in [0.25, 0.3) is 11.3 Å². The molecule has 8 aliphatic rings. The summed E-state index contributed by atoms with van der Waals surface area (Å²) in [5.74, 6) is 3.24. The molecule has 1 saturated heterocycles. The van der Waals surface area contributed by atoms with Crippen LogP contribution in [0.2, 0.25) is 0 Å². The van der Waals surface area contributed by atoms with Crippen molar-refractivity contribution in [2.75, 3.05) is 27.2 Å². The first kappa shape index (κ1) is 50.1. The van der Waals surface area contributed by atoms with E-state index in [0.717, 1.165) is 93.6 Å². The lowest BCUT2D eigenvalue weighted by atomic mass is 9.32. The topological polar surface area (TPSA) is 107 Å². The normalized spacial score (nSPS) is 40.3. The van der Waals surface area contributed by atoms with Crippen molar-refractivity contribution in [2.45, 2.75) is 177 Å². The Kier molecular flexibility index (Phi) is 12.4. The number of esters is 2. The quantitative estimate of drug-likeness (QED) is 0.165. The summed E-state index contributed by atoms with van der Waals surface area (Å²) in [7, 11) is 4.26. The Morgan fingerprint density at radius 3 is 2.28 bits per heavy atom. The number of rotatable bonds is 12.